The van der Waals surface area contributed by atoms with Crippen LogP contribution in [0.2, 0.25) is 0 Å². The average molecular weight is 841 g/mol. The molecule has 24 heteroatoms. The van der Waals surface area contributed by atoms with Crippen LogP contribution in [0.1, 0.15) is 0 Å². The Morgan fingerprint density at radius 1 is 0.278 bits per heavy atom. The summed E-state index contributed by atoms with van der Waals surface area (Å²) in [5.74, 6) is 0. The second-order valence-electron chi connectivity index (χ2n) is 3.81. The van der Waals surface area contributed by atoms with Crippen LogP contribution in [0.4, 0.5) is 26.3 Å². The second-order valence-corrected chi connectivity index (χ2v) is 3.81. The van der Waals surface area contributed by atoms with Gasteiger partial charge in [-0.05, 0) is 0 Å². The van der Waals surface area contributed by atoms with E-state index in [9.17, 15) is 26.3 Å². The van der Waals surface area contributed by atoms with E-state index in [1.807, 2.05) is 0 Å². The van der Waals surface area contributed by atoms with Crippen molar-refractivity contribution >= 4 is 0 Å². The summed E-state index contributed by atoms with van der Waals surface area (Å²) in [6.45, 7) is -6.50. The first-order valence-corrected chi connectivity index (χ1v) is 7.15. The molecule has 0 heterocycles. The zero-order valence-corrected chi connectivity index (χ0v) is 24.8. The summed E-state index contributed by atoms with van der Waals surface area (Å²) < 4.78 is 63.7. The first kappa shape index (κ1) is 76.9. The van der Waals surface area contributed by atoms with E-state index in [0.29, 0.717) is 0 Å². The molecular formula is C12H38F6Nd2O16. The standard InChI is InChI=1S/6C2H5FO2.2Nd.4H2O/c6*3-1-2(4)5;;;;;;/h6*2,4-5H,1H2;;;4*1H2. The summed E-state index contributed by atoms with van der Waals surface area (Å²) in [6, 6.07) is 0. The van der Waals surface area contributed by atoms with Crippen molar-refractivity contribution in [1.82, 2.24) is 0 Å². The minimum atomic E-state index is -1.78. The fourth-order valence-corrected chi connectivity index (χ4v) is 0. The Hall–Kier alpha value is 1.64. The molecule has 0 bridgehead atoms. The molecule has 232 valence electrons. The Morgan fingerprint density at radius 2 is 0.306 bits per heavy atom. The van der Waals surface area contributed by atoms with E-state index in [2.05, 4.69) is 0 Å². The summed E-state index contributed by atoms with van der Waals surface area (Å²) >= 11 is 0. The third-order valence-corrected chi connectivity index (χ3v) is 0.828. The van der Waals surface area contributed by atoms with Crippen molar-refractivity contribution in [3.8, 4) is 0 Å². The van der Waals surface area contributed by atoms with E-state index in [4.69, 9.17) is 61.3 Å². The number of halogens is 6. The van der Waals surface area contributed by atoms with Gasteiger partial charge in [0, 0.05) is 81.7 Å². The molecule has 0 aliphatic heterocycles. The Bertz CT molecular complexity index is 208. The molecule has 0 aromatic heterocycles. The number of hydrogen-bond acceptors (Lipinski definition) is 12. The quantitative estimate of drug-likeness (QED) is 0.0877. The number of alkyl halides is 6. The monoisotopic (exact) mass is 836 g/mol. The zero-order valence-electron chi connectivity index (χ0n) is 18.3. The van der Waals surface area contributed by atoms with Crippen molar-refractivity contribution in [3.05, 3.63) is 0 Å². The molecule has 0 unspecified atom stereocenters. The van der Waals surface area contributed by atoms with Crippen LogP contribution in [0, 0.1) is 81.7 Å². The fraction of sp³-hybridized carbons (Fsp3) is 1.00. The van der Waals surface area contributed by atoms with Gasteiger partial charge in [-0.1, -0.05) is 0 Å². The van der Waals surface area contributed by atoms with E-state index in [0.717, 1.165) is 0 Å². The van der Waals surface area contributed by atoms with Gasteiger partial charge in [-0.25, -0.2) is 26.3 Å². The van der Waals surface area contributed by atoms with Gasteiger partial charge in [0.1, 0.15) is 40.0 Å². The predicted molar refractivity (Wildman–Crippen MR) is 99.7 cm³/mol. The third kappa shape index (κ3) is 230. The Kier molecular flexibility index (Phi) is 151. The summed E-state index contributed by atoms with van der Waals surface area (Å²) in [4.78, 5) is 0. The maximum absolute atomic E-state index is 10.6. The SMILES string of the molecule is O.O.O.O.OC(O)CF.OC(O)CF.OC(O)CF.OC(O)CF.OC(O)CF.OC(O)CF.[Nd].[Nd]. The molecule has 0 atom stereocenters. The summed E-state index contributed by atoms with van der Waals surface area (Å²) in [7, 11) is 0. The predicted octanol–water partition coefficient (Wildman–Crippen LogP) is -7.70. The van der Waals surface area contributed by atoms with E-state index in [1.54, 1.807) is 0 Å². The summed E-state index contributed by atoms with van der Waals surface area (Å²) in [5, 5.41) is 90.5. The van der Waals surface area contributed by atoms with E-state index >= 15 is 0 Å². The van der Waals surface area contributed by atoms with Crippen LogP contribution in [0.15, 0.2) is 0 Å². The van der Waals surface area contributed by atoms with Crippen molar-refractivity contribution in [1.29, 1.82) is 0 Å². The van der Waals surface area contributed by atoms with Crippen molar-refractivity contribution in [2.75, 3.05) is 40.0 Å². The third-order valence-electron chi connectivity index (χ3n) is 0.828. The molecule has 0 radical (unpaired) electrons. The van der Waals surface area contributed by atoms with Gasteiger partial charge < -0.3 is 83.2 Å². The maximum atomic E-state index is 10.6. The van der Waals surface area contributed by atoms with E-state index < -0.39 is 77.8 Å². The molecule has 0 spiro atoms. The van der Waals surface area contributed by atoms with Gasteiger partial charge in [0.05, 0.1) is 0 Å². The molecule has 16 nitrogen and oxygen atoms in total. The topological polar surface area (TPSA) is 369 Å². The molecule has 0 fully saturated rings. The molecule has 20 N–H and O–H groups in total. The summed E-state index contributed by atoms with van der Waals surface area (Å²) in [5.41, 5.74) is 0. The fourth-order valence-electron chi connectivity index (χ4n) is 0. The molecular weight excluding hydrogens is 803 g/mol. The van der Waals surface area contributed by atoms with Gasteiger partial charge >= 0.3 is 0 Å². The van der Waals surface area contributed by atoms with Crippen molar-refractivity contribution in [2.45, 2.75) is 37.7 Å². The molecule has 0 saturated heterocycles. The van der Waals surface area contributed by atoms with Crippen LogP contribution < -0.4 is 0 Å². The largest absolute Gasteiger partial charge is 0.412 e. The number of aliphatic hydroxyl groups is 12. The van der Waals surface area contributed by atoms with Crippen LogP contribution in [0.25, 0.3) is 0 Å². The first-order chi connectivity index (χ1) is 13.6. The molecule has 0 aromatic carbocycles. The van der Waals surface area contributed by atoms with Crippen LogP contribution in [0.5, 0.6) is 0 Å². The molecule has 0 aliphatic rings. The maximum Gasteiger partial charge on any atom is 0.180 e. The van der Waals surface area contributed by atoms with Crippen LogP contribution in [-0.4, -0.2) is 161 Å². The van der Waals surface area contributed by atoms with Gasteiger partial charge in [-0.3, -0.25) is 0 Å². The Labute approximate surface area is 266 Å². The molecule has 0 aromatic rings. The van der Waals surface area contributed by atoms with Gasteiger partial charge in [0.25, 0.3) is 0 Å². The Morgan fingerprint density at radius 3 is 0.306 bits per heavy atom. The van der Waals surface area contributed by atoms with Crippen LogP contribution >= 0.6 is 0 Å². The van der Waals surface area contributed by atoms with Crippen molar-refractivity contribution < 1.29 is 191 Å². The normalized spacial score (nSPS) is 8.00. The van der Waals surface area contributed by atoms with Gasteiger partial charge in [-0.15, -0.1) is 0 Å². The van der Waals surface area contributed by atoms with Gasteiger partial charge in [0.15, 0.2) is 37.7 Å². The molecule has 0 rings (SSSR count). The molecule has 0 saturated carbocycles. The zero-order chi connectivity index (χ0) is 25.7. The second kappa shape index (κ2) is 70.8. The van der Waals surface area contributed by atoms with E-state index in [-0.39, 0.29) is 104 Å². The van der Waals surface area contributed by atoms with Crippen molar-refractivity contribution in [3.63, 3.8) is 0 Å². The average Bonchev–Trinajstić information content (AvgIpc) is 2.69. The molecule has 0 amide bonds. The van der Waals surface area contributed by atoms with Crippen LogP contribution in [-0.2, 0) is 0 Å². The minimum Gasteiger partial charge on any atom is -0.412 e. The van der Waals surface area contributed by atoms with E-state index in [1.165, 1.54) is 0 Å². The summed E-state index contributed by atoms with van der Waals surface area (Å²) in [6.07, 6.45) is -10.7. The van der Waals surface area contributed by atoms with Gasteiger partial charge in [0.2, 0.25) is 0 Å². The number of rotatable bonds is 6. The van der Waals surface area contributed by atoms with Crippen molar-refractivity contribution in [2.24, 2.45) is 0 Å². The number of aliphatic hydroxyl groups excluding tert-OH is 6. The molecule has 0 aliphatic carbocycles. The number of hydrogen-bond donors (Lipinski definition) is 12. The Balaban J connectivity index is -0.0000000186. The smallest absolute Gasteiger partial charge is 0.180 e. The first-order valence-electron chi connectivity index (χ1n) is 7.15. The van der Waals surface area contributed by atoms with Crippen LogP contribution in [0.3, 0.4) is 0 Å². The molecule has 36 heavy (non-hydrogen) atoms. The van der Waals surface area contributed by atoms with Gasteiger partial charge in [-0.2, -0.15) is 0 Å². The minimum absolute atomic E-state index is 0.